The molecule has 7 heteroatoms. The third-order valence-electron chi connectivity index (χ3n) is 5.67. The van der Waals surface area contributed by atoms with Gasteiger partial charge in [-0.3, -0.25) is 0 Å². The molecule has 2 heterocycles. The Morgan fingerprint density at radius 3 is 2.52 bits per heavy atom. The first-order valence-corrected chi connectivity index (χ1v) is 10.2. The average molecular weight is 415 g/mol. The Hall–Kier alpha value is -3.63. The van der Waals surface area contributed by atoms with Gasteiger partial charge in [0.1, 0.15) is 28.9 Å². The van der Waals surface area contributed by atoms with Crippen LogP contribution in [0.15, 0.2) is 54.7 Å². The monoisotopic (exact) mass is 415 g/mol. The summed E-state index contributed by atoms with van der Waals surface area (Å²) in [6.07, 6.45) is 2.89. The Kier molecular flexibility index (Phi) is 5.49. The molecule has 0 amide bonds. The number of pyridine rings is 1. The summed E-state index contributed by atoms with van der Waals surface area (Å²) in [5, 5.41) is 29.3. The molecule has 0 spiro atoms. The van der Waals surface area contributed by atoms with E-state index in [-0.39, 0.29) is 5.82 Å². The Morgan fingerprint density at radius 1 is 1.10 bits per heavy atom. The van der Waals surface area contributed by atoms with Crippen molar-refractivity contribution in [2.75, 3.05) is 0 Å². The molecule has 156 valence electrons. The highest BCUT2D eigenvalue weighted by molar-refractivity contribution is 5.95. The molecule has 2 aromatic carbocycles. The van der Waals surface area contributed by atoms with Gasteiger partial charge in [-0.2, -0.15) is 5.26 Å². The second kappa shape index (κ2) is 8.25. The van der Waals surface area contributed by atoms with E-state index < -0.39 is 5.60 Å². The highest BCUT2D eigenvalue weighted by atomic mass is 19.1. The van der Waals surface area contributed by atoms with E-state index in [2.05, 4.69) is 21.4 Å². The van der Waals surface area contributed by atoms with Crippen LogP contribution in [0.25, 0.3) is 22.0 Å². The van der Waals surface area contributed by atoms with Crippen LogP contribution in [0, 0.1) is 17.1 Å². The summed E-state index contributed by atoms with van der Waals surface area (Å²) in [6, 6.07) is 15.8. The van der Waals surface area contributed by atoms with E-state index in [9.17, 15) is 14.8 Å². The third-order valence-corrected chi connectivity index (χ3v) is 5.67. The molecule has 0 atom stereocenters. The number of nitrogens with zero attached hydrogens (tertiary/aromatic N) is 5. The average Bonchev–Trinajstić information content (AvgIpc) is 3.27. The fourth-order valence-electron chi connectivity index (χ4n) is 3.69. The zero-order chi connectivity index (χ0) is 22.0. The molecule has 0 aliphatic carbocycles. The van der Waals surface area contributed by atoms with Crippen LogP contribution in [-0.4, -0.2) is 25.1 Å². The molecule has 0 saturated heterocycles. The van der Waals surface area contributed by atoms with E-state index in [1.165, 1.54) is 12.1 Å². The molecule has 1 N–H and O–H groups in total. The molecular weight excluding hydrogens is 393 g/mol. The molecule has 0 saturated carbocycles. The zero-order valence-corrected chi connectivity index (χ0v) is 17.4. The highest BCUT2D eigenvalue weighted by Crippen LogP contribution is 2.30. The zero-order valence-electron chi connectivity index (χ0n) is 17.4. The number of nitriles is 1. The minimum absolute atomic E-state index is 0.294. The van der Waals surface area contributed by atoms with Gasteiger partial charge in [-0.25, -0.2) is 14.1 Å². The SMILES string of the molecule is CCC(O)(CC)c1cn(Cc2ccc3c(-c4ccc(F)cc4)cc(C#N)nc3c2)nn1. The van der Waals surface area contributed by atoms with Crippen molar-refractivity contribution in [3.05, 3.63) is 77.5 Å². The van der Waals surface area contributed by atoms with Gasteiger partial charge in [-0.05, 0) is 53.8 Å². The molecular formula is C24H22FN5O. The number of rotatable bonds is 6. The van der Waals surface area contributed by atoms with Crippen molar-refractivity contribution in [2.24, 2.45) is 0 Å². The fourth-order valence-corrected chi connectivity index (χ4v) is 3.69. The van der Waals surface area contributed by atoms with Crippen LogP contribution in [0.4, 0.5) is 4.39 Å². The van der Waals surface area contributed by atoms with Crippen LogP contribution >= 0.6 is 0 Å². The molecule has 0 aliphatic rings. The normalized spacial score (nSPS) is 11.6. The molecule has 0 unspecified atom stereocenters. The van der Waals surface area contributed by atoms with Crippen molar-refractivity contribution in [3.63, 3.8) is 0 Å². The van der Waals surface area contributed by atoms with Gasteiger partial charge in [-0.15, -0.1) is 5.10 Å². The van der Waals surface area contributed by atoms with E-state index in [0.717, 1.165) is 22.1 Å². The van der Waals surface area contributed by atoms with Gasteiger partial charge in [-0.1, -0.05) is 43.3 Å². The molecule has 0 bridgehead atoms. The largest absolute Gasteiger partial charge is 0.383 e. The Labute approximate surface area is 179 Å². The van der Waals surface area contributed by atoms with Crippen molar-refractivity contribution in [1.29, 1.82) is 5.26 Å². The maximum Gasteiger partial charge on any atom is 0.141 e. The number of benzene rings is 2. The molecule has 4 aromatic rings. The van der Waals surface area contributed by atoms with Gasteiger partial charge in [0.25, 0.3) is 0 Å². The second-order valence-corrected chi connectivity index (χ2v) is 7.57. The van der Waals surface area contributed by atoms with Crippen LogP contribution < -0.4 is 0 Å². The number of halogens is 1. The van der Waals surface area contributed by atoms with Crippen LogP contribution in [0.1, 0.15) is 43.6 Å². The number of aromatic nitrogens is 4. The maximum atomic E-state index is 13.3. The molecule has 0 radical (unpaired) electrons. The van der Waals surface area contributed by atoms with Gasteiger partial charge in [0.15, 0.2) is 0 Å². The quantitative estimate of drug-likeness (QED) is 0.499. The van der Waals surface area contributed by atoms with Crippen molar-refractivity contribution < 1.29 is 9.50 Å². The summed E-state index contributed by atoms with van der Waals surface area (Å²) in [7, 11) is 0. The number of fused-ring (bicyclic) bond motifs is 1. The first-order chi connectivity index (χ1) is 15.0. The fraction of sp³-hybridized carbons (Fsp3) is 0.250. The van der Waals surface area contributed by atoms with Crippen molar-refractivity contribution in [1.82, 2.24) is 20.0 Å². The number of aliphatic hydroxyl groups is 1. The predicted molar refractivity (Wildman–Crippen MR) is 115 cm³/mol. The number of hydrogen-bond acceptors (Lipinski definition) is 5. The van der Waals surface area contributed by atoms with Crippen molar-refractivity contribution in [2.45, 2.75) is 38.8 Å². The van der Waals surface area contributed by atoms with Crippen molar-refractivity contribution >= 4 is 10.9 Å². The smallest absolute Gasteiger partial charge is 0.141 e. The summed E-state index contributed by atoms with van der Waals surface area (Å²) in [5.74, 6) is -0.310. The molecule has 6 nitrogen and oxygen atoms in total. The molecule has 31 heavy (non-hydrogen) atoms. The van der Waals surface area contributed by atoms with Crippen LogP contribution in [0.3, 0.4) is 0 Å². The molecule has 2 aromatic heterocycles. The van der Waals surface area contributed by atoms with Gasteiger partial charge >= 0.3 is 0 Å². The van der Waals surface area contributed by atoms with Gasteiger partial charge in [0.05, 0.1) is 18.3 Å². The van der Waals surface area contributed by atoms with Crippen LogP contribution in [0.2, 0.25) is 0 Å². The lowest BCUT2D eigenvalue weighted by atomic mass is 9.94. The molecule has 4 rings (SSSR count). The molecule has 0 aliphatic heterocycles. The number of hydrogen-bond donors (Lipinski definition) is 1. The van der Waals surface area contributed by atoms with Crippen LogP contribution in [0.5, 0.6) is 0 Å². The lowest BCUT2D eigenvalue weighted by molar-refractivity contribution is 0.0239. The third kappa shape index (κ3) is 4.03. The summed E-state index contributed by atoms with van der Waals surface area (Å²) in [4.78, 5) is 4.45. The Balaban J connectivity index is 1.71. The lowest BCUT2D eigenvalue weighted by Gasteiger charge is -2.21. The standard InChI is InChI=1S/C24H22FN5O/c1-3-24(31,4-2)23-15-30(29-28-23)14-16-5-10-20-21(17-6-8-18(25)9-7-17)12-19(13-26)27-22(20)11-16/h5-12,15,31H,3-4,14H2,1-2H3. The van der Waals surface area contributed by atoms with E-state index in [0.29, 0.717) is 36.3 Å². The predicted octanol–water partition coefficient (Wildman–Crippen LogP) is 4.56. The summed E-state index contributed by atoms with van der Waals surface area (Å²) in [5.41, 5.74) is 3.13. The van der Waals surface area contributed by atoms with Gasteiger partial charge < -0.3 is 5.11 Å². The maximum absolute atomic E-state index is 13.3. The van der Waals surface area contributed by atoms with Gasteiger partial charge in [0.2, 0.25) is 0 Å². The van der Waals surface area contributed by atoms with E-state index >= 15 is 0 Å². The molecule has 0 fully saturated rings. The van der Waals surface area contributed by atoms with Gasteiger partial charge in [0, 0.05) is 5.39 Å². The minimum Gasteiger partial charge on any atom is -0.383 e. The van der Waals surface area contributed by atoms with Crippen LogP contribution in [-0.2, 0) is 12.1 Å². The first kappa shape index (κ1) is 20.6. The highest BCUT2D eigenvalue weighted by Gasteiger charge is 2.28. The van der Waals surface area contributed by atoms with E-state index in [1.54, 1.807) is 29.1 Å². The summed E-state index contributed by atoms with van der Waals surface area (Å²) in [6.45, 7) is 4.29. The lowest BCUT2D eigenvalue weighted by Crippen LogP contribution is -2.23. The van der Waals surface area contributed by atoms with E-state index in [1.807, 2.05) is 32.0 Å². The van der Waals surface area contributed by atoms with E-state index in [4.69, 9.17) is 0 Å². The summed E-state index contributed by atoms with van der Waals surface area (Å²) < 4.78 is 15.0. The summed E-state index contributed by atoms with van der Waals surface area (Å²) >= 11 is 0. The minimum atomic E-state index is -0.977. The Bertz CT molecular complexity index is 1270. The topological polar surface area (TPSA) is 87.6 Å². The Morgan fingerprint density at radius 2 is 1.84 bits per heavy atom. The first-order valence-electron chi connectivity index (χ1n) is 10.2. The van der Waals surface area contributed by atoms with Crippen molar-refractivity contribution in [3.8, 4) is 17.2 Å². The second-order valence-electron chi connectivity index (χ2n) is 7.57.